The van der Waals surface area contributed by atoms with E-state index in [1.165, 1.54) is 0 Å². The number of carbonyl (C=O) groups is 1. The number of hydrogen-bond acceptors (Lipinski definition) is 3. The smallest absolute Gasteiger partial charge is 0.220 e. The molecule has 134 valence electrons. The van der Waals surface area contributed by atoms with Crippen molar-refractivity contribution in [1.29, 1.82) is 0 Å². The average molecular weight is 349 g/mol. The molecule has 1 unspecified atom stereocenters. The van der Waals surface area contributed by atoms with Crippen LogP contribution in [0.25, 0.3) is 5.69 Å². The van der Waals surface area contributed by atoms with Crippen LogP contribution in [0.5, 0.6) is 0 Å². The van der Waals surface area contributed by atoms with Gasteiger partial charge in [-0.15, -0.1) is 0 Å². The fourth-order valence-corrected chi connectivity index (χ4v) is 3.47. The maximum absolute atomic E-state index is 12.3. The van der Waals surface area contributed by atoms with E-state index in [1.54, 1.807) is 0 Å². The van der Waals surface area contributed by atoms with Crippen LogP contribution in [0.2, 0.25) is 0 Å². The molecule has 0 aliphatic carbocycles. The van der Waals surface area contributed by atoms with Gasteiger partial charge in [-0.3, -0.25) is 4.79 Å². The Morgan fingerprint density at radius 3 is 2.96 bits per heavy atom. The van der Waals surface area contributed by atoms with Gasteiger partial charge in [-0.05, 0) is 37.5 Å². The van der Waals surface area contributed by atoms with Gasteiger partial charge in [-0.2, -0.15) is 5.10 Å². The highest BCUT2D eigenvalue weighted by Gasteiger charge is 2.21. The van der Waals surface area contributed by atoms with Gasteiger partial charge in [0.25, 0.3) is 0 Å². The van der Waals surface area contributed by atoms with Gasteiger partial charge < -0.3 is 9.88 Å². The van der Waals surface area contributed by atoms with Crippen LogP contribution < -0.4 is 5.32 Å². The van der Waals surface area contributed by atoms with E-state index in [2.05, 4.69) is 26.2 Å². The Bertz CT molecular complexity index is 896. The van der Waals surface area contributed by atoms with Crippen LogP contribution >= 0.6 is 0 Å². The number of para-hydroxylation sites is 1. The normalized spacial score (nSPS) is 16.3. The molecule has 4 rings (SSSR count). The average Bonchev–Trinajstić information content (AvgIpc) is 3.26. The second-order valence-corrected chi connectivity index (χ2v) is 6.88. The highest BCUT2D eigenvalue weighted by molar-refractivity contribution is 5.76. The summed E-state index contributed by atoms with van der Waals surface area (Å²) in [6, 6.07) is 10.2. The van der Waals surface area contributed by atoms with E-state index in [1.807, 2.05) is 54.3 Å². The maximum atomic E-state index is 12.3. The second kappa shape index (κ2) is 7.15. The van der Waals surface area contributed by atoms with Crippen LogP contribution in [0.3, 0.4) is 0 Å². The largest absolute Gasteiger partial charge is 0.352 e. The molecule has 3 aromatic rings. The van der Waals surface area contributed by atoms with Crippen molar-refractivity contribution in [2.75, 3.05) is 0 Å². The molecule has 3 heterocycles. The summed E-state index contributed by atoms with van der Waals surface area (Å²) in [7, 11) is 0. The molecule has 1 aliphatic heterocycles. The molecule has 1 N–H and O–H groups in total. The molecule has 1 aromatic carbocycles. The van der Waals surface area contributed by atoms with Gasteiger partial charge in [0.05, 0.1) is 17.6 Å². The summed E-state index contributed by atoms with van der Waals surface area (Å²) in [4.78, 5) is 16.8. The van der Waals surface area contributed by atoms with Gasteiger partial charge in [-0.25, -0.2) is 9.67 Å². The van der Waals surface area contributed by atoms with Crippen molar-refractivity contribution in [3.8, 4) is 5.69 Å². The van der Waals surface area contributed by atoms with Crippen molar-refractivity contribution in [2.45, 2.75) is 45.2 Å². The standard InChI is InChI=1S/C20H23N5O/c1-15-12-24-14-17(8-9-19(24)22-15)23-20(26)10-7-16-11-21-25(13-16)18-5-3-2-4-6-18/h2-6,11-13,17H,7-10,14H2,1H3,(H,23,26). The molecule has 6 heteroatoms. The van der Waals surface area contributed by atoms with Crippen molar-refractivity contribution in [1.82, 2.24) is 24.6 Å². The van der Waals surface area contributed by atoms with Crippen LogP contribution in [-0.4, -0.2) is 31.3 Å². The molecular formula is C20H23N5O. The Balaban J connectivity index is 1.29. The molecule has 0 bridgehead atoms. The predicted octanol–water partition coefficient (Wildman–Crippen LogP) is 2.44. The summed E-state index contributed by atoms with van der Waals surface area (Å²) in [5.74, 6) is 1.23. The third kappa shape index (κ3) is 3.69. The molecule has 0 fully saturated rings. The number of rotatable bonds is 5. The summed E-state index contributed by atoms with van der Waals surface area (Å²) in [6.07, 6.45) is 8.93. The molecule has 6 nitrogen and oxygen atoms in total. The summed E-state index contributed by atoms with van der Waals surface area (Å²) >= 11 is 0. The van der Waals surface area contributed by atoms with Gasteiger partial charge >= 0.3 is 0 Å². The quantitative estimate of drug-likeness (QED) is 0.769. The zero-order valence-electron chi connectivity index (χ0n) is 14.9. The number of aryl methyl sites for hydroxylation is 3. The molecule has 0 radical (unpaired) electrons. The SMILES string of the molecule is Cc1cn2c(n1)CCC(NC(=O)CCc1cnn(-c3ccccc3)c1)C2. The number of aromatic nitrogens is 4. The Morgan fingerprint density at radius 1 is 1.27 bits per heavy atom. The minimum Gasteiger partial charge on any atom is -0.352 e. The summed E-state index contributed by atoms with van der Waals surface area (Å²) < 4.78 is 4.00. The number of nitrogens with one attached hydrogen (secondary N) is 1. The van der Waals surface area contributed by atoms with E-state index in [4.69, 9.17) is 0 Å². The number of carbonyl (C=O) groups excluding carboxylic acids is 1. The Morgan fingerprint density at radius 2 is 2.12 bits per heavy atom. The van der Waals surface area contributed by atoms with Gasteiger partial charge in [0.1, 0.15) is 5.82 Å². The van der Waals surface area contributed by atoms with Crippen LogP contribution in [0.1, 0.15) is 29.9 Å². The number of hydrogen-bond donors (Lipinski definition) is 1. The van der Waals surface area contributed by atoms with E-state index >= 15 is 0 Å². The number of imidazole rings is 1. The first-order valence-corrected chi connectivity index (χ1v) is 9.08. The summed E-state index contributed by atoms with van der Waals surface area (Å²) in [6.45, 7) is 2.82. The van der Waals surface area contributed by atoms with Crippen molar-refractivity contribution < 1.29 is 4.79 Å². The summed E-state index contributed by atoms with van der Waals surface area (Å²) in [5.41, 5.74) is 3.14. The van der Waals surface area contributed by atoms with Crippen molar-refractivity contribution >= 4 is 5.91 Å². The molecular weight excluding hydrogens is 326 g/mol. The van der Waals surface area contributed by atoms with Crippen LogP contribution in [0.15, 0.2) is 48.9 Å². The minimum absolute atomic E-state index is 0.0998. The van der Waals surface area contributed by atoms with Crippen molar-refractivity contribution in [3.63, 3.8) is 0 Å². The number of fused-ring (bicyclic) bond motifs is 1. The maximum Gasteiger partial charge on any atom is 0.220 e. The lowest BCUT2D eigenvalue weighted by atomic mass is 10.1. The lowest BCUT2D eigenvalue weighted by Gasteiger charge is -2.24. The molecule has 2 aromatic heterocycles. The third-order valence-corrected chi connectivity index (χ3v) is 4.78. The van der Waals surface area contributed by atoms with Gasteiger partial charge in [0.2, 0.25) is 5.91 Å². The zero-order valence-corrected chi connectivity index (χ0v) is 14.9. The topological polar surface area (TPSA) is 64.7 Å². The monoisotopic (exact) mass is 349 g/mol. The van der Waals surface area contributed by atoms with Crippen molar-refractivity contribution in [2.24, 2.45) is 0 Å². The second-order valence-electron chi connectivity index (χ2n) is 6.88. The number of benzene rings is 1. The lowest BCUT2D eigenvalue weighted by Crippen LogP contribution is -2.40. The molecule has 1 amide bonds. The summed E-state index contributed by atoms with van der Waals surface area (Å²) in [5, 5.41) is 7.55. The minimum atomic E-state index is 0.0998. The number of amides is 1. The Kier molecular flexibility index (Phi) is 4.56. The lowest BCUT2D eigenvalue weighted by molar-refractivity contribution is -0.122. The van der Waals surface area contributed by atoms with Gasteiger partial charge in [0.15, 0.2) is 0 Å². The van der Waals surface area contributed by atoms with E-state index in [0.717, 1.165) is 42.2 Å². The van der Waals surface area contributed by atoms with Crippen LogP contribution in [-0.2, 0) is 24.2 Å². The fraction of sp³-hybridized carbons (Fsp3) is 0.350. The molecule has 26 heavy (non-hydrogen) atoms. The van der Waals surface area contributed by atoms with Crippen LogP contribution in [0.4, 0.5) is 0 Å². The molecule has 0 saturated carbocycles. The predicted molar refractivity (Wildman–Crippen MR) is 99.1 cm³/mol. The van der Waals surface area contributed by atoms with Crippen LogP contribution in [0, 0.1) is 6.92 Å². The van der Waals surface area contributed by atoms with E-state index in [9.17, 15) is 4.79 Å². The zero-order chi connectivity index (χ0) is 17.9. The fourth-order valence-electron chi connectivity index (χ4n) is 3.47. The highest BCUT2D eigenvalue weighted by Crippen LogP contribution is 2.15. The van der Waals surface area contributed by atoms with E-state index in [0.29, 0.717) is 12.8 Å². The van der Waals surface area contributed by atoms with Gasteiger partial charge in [0, 0.05) is 37.8 Å². The number of nitrogens with zero attached hydrogens (tertiary/aromatic N) is 4. The molecule has 0 saturated heterocycles. The van der Waals surface area contributed by atoms with Gasteiger partial charge in [-0.1, -0.05) is 18.2 Å². The molecule has 0 spiro atoms. The first-order valence-electron chi connectivity index (χ1n) is 9.08. The van der Waals surface area contributed by atoms with E-state index in [-0.39, 0.29) is 11.9 Å². The Hall–Kier alpha value is -2.89. The first kappa shape index (κ1) is 16.6. The van der Waals surface area contributed by atoms with Crippen molar-refractivity contribution in [3.05, 3.63) is 66.0 Å². The third-order valence-electron chi connectivity index (χ3n) is 4.78. The Labute approximate surface area is 152 Å². The molecule has 1 aliphatic rings. The van der Waals surface area contributed by atoms with E-state index < -0.39 is 0 Å². The first-order chi connectivity index (χ1) is 12.7. The molecule has 1 atom stereocenters. The highest BCUT2D eigenvalue weighted by atomic mass is 16.1.